The van der Waals surface area contributed by atoms with Crippen LogP contribution in [0.25, 0.3) is 0 Å². The van der Waals surface area contributed by atoms with E-state index in [1.54, 1.807) is 13.0 Å². The van der Waals surface area contributed by atoms with Crippen molar-refractivity contribution in [1.82, 2.24) is 15.0 Å². The van der Waals surface area contributed by atoms with Crippen LogP contribution in [0.2, 0.25) is 5.28 Å². The van der Waals surface area contributed by atoms with Crippen molar-refractivity contribution in [3.8, 4) is 6.01 Å². The molecule has 1 heterocycles. The van der Waals surface area contributed by atoms with Gasteiger partial charge in [-0.1, -0.05) is 0 Å². The molecule has 2 rings (SSSR count). The third kappa shape index (κ3) is 3.77. The molecule has 0 radical (unpaired) electrons. The van der Waals surface area contributed by atoms with Gasteiger partial charge in [0, 0.05) is 5.69 Å². The normalized spacial score (nSPS) is 10.7. The molecule has 7 heteroatoms. The maximum atomic E-state index is 13.0. The van der Waals surface area contributed by atoms with Crippen LogP contribution in [0.5, 0.6) is 6.01 Å². The van der Waals surface area contributed by atoms with E-state index in [4.69, 9.17) is 16.3 Å². The molecule has 1 N–H and O–H groups in total. The predicted molar refractivity (Wildman–Crippen MR) is 75.0 cm³/mol. The molecule has 0 saturated heterocycles. The number of halogens is 2. The minimum atomic E-state index is -0.300. The summed E-state index contributed by atoms with van der Waals surface area (Å²) in [5, 5.41) is 2.99. The molecule has 2 aromatic rings. The number of aromatic nitrogens is 3. The van der Waals surface area contributed by atoms with Gasteiger partial charge in [-0.15, -0.1) is 0 Å². The van der Waals surface area contributed by atoms with E-state index < -0.39 is 0 Å². The molecular formula is C13H14ClFN4O. The molecule has 1 aromatic heterocycles. The average molecular weight is 297 g/mol. The van der Waals surface area contributed by atoms with E-state index in [9.17, 15) is 4.39 Å². The highest BCUT2D eigenvalue weighted by Crippen LogP contribution is 2.21. The summed E-state index contributed by atoms with van der Waals surface area (Å²) in [4.78, 5) is 11.9. The highest BCUT2D eigenvalue weighted by atomic mass is 35.5. The van der Waals surface area contributed by atoms with E-state index in [-0.39, 0.29) is 29.2 Å². The summed E-state index contributed by atoms with van der Waals surface area (Å²) >= 11 is 5.82. The van der Waals surface area contributed by atoms with Crippen LogP contribution in [0.15, 0.2) is 18.2 Å². The Morgan fingerprint density at radius 1 is 1.25 bits per heavy atom. The fourth-order valence-corrected chi connectivity index (χ4v) is 1.69. The van der Waals surface area contributed by atoms with Gasteiger partial charge in [0.2, 0.25) is 11.2 Å². The second-order valence-electron chi connectivity index (χ2n) is 4.46. The van der Waals surface area contributed by atoms with E-state index in [0.717, 1.165) is 5.56 Å². The summed E-state index contributed by atoms with van der Waals surface area (Å²) in [5.41, 5.74) is 1.41. The van der Waals surface area contributed by atoms with Crippen molar-refractivity contribution in [1.29, 1.82) is 0 Å². The Balaban J connectivity index is 2.26. The summed E-state index contributed by atoms with van der Waals surface area (Å²) in [6, 6.07) is 4.51. The van der Waals surface area contributed by atoms with Crippen LogP contribution >= 0.6 is 11.6 Å². The number of ether oxygens (including phenoxy) is 1. The number of rotatable bonds is 4. The van der Waals surface area contributed by atoms with Crippen molar-refractivity contribution in [2.75, 3.05) is 5.32 Å². The lowest BCUT2D eigenvalue weighted by molar-refractivity contribution is 0.222. The smallest absolute Gasteiger partial charge is 0.322 e. The molecule has 0 saturated carbocycles. The van der Waals surface area contributed by atoms with Gasteiger partial charge in [-0.2, -0.15) is 15.0 Å². The zero-order valence-corrected chi connectivity index (χ0v) is 12.1. The Bertz CT molecular complexity index is 621. The molecule has 0 atom stereocenters. The molecule has 106 valence electrons. The van der Waals surface area contributed by atoms with E-state index in [1.165, 1.54) is 12.1 Å². The lowest BCUT2D eigenvalue weighted by Gasteiger charge is -2.11. The molecule has 1 aromatic carbocycles. The molecule has 0 aliphatic rings. The molecule has 20 heavy (non-hydrogen) atoms. The summed E-state index contributed by atoms with van der Waals surface area (Å²) < 4.78 is 18.4. The van der Waals surface area contributed by atoms with Crippen molar-refractivity contribution in [2.45, 2.75) is 26.9 Å². The van der Waals surface area contributed by atoms with Crippen molar-refractivity contribution >= 4 is 23.2 Å². The number of benzene rings is 1. The van der Waals surface area contributed by atoms with Crippen molar-refractivity contribution in [3.05, 3.63) is 34.9 Å². The van der Waals surface area contributed by atoms with Gasteiger partial charge >= 0.3 is 6.01 Å². The highest BCUT2D eigenvalue weighted by molar-refractivity contribution is 6.28. The van der Waals surface area contributed by atoms with Crippen molar-refractivity contribution in [3.63, 3.8) is 0 Å². The van der Waals surface area contributed by atoms with Crippen LogP contribution in [0.3, 0.4) is 0 Å². The topological polar surface area (TPSA) is 59.9 Å². The van der Waals surface area contributed by atoms with Crippen molar-refractivity contribution < 1.29 is 9.13 Å². The first kappa shape index (κ1) is 14.5. The van der Waals surface area contributed by atoms with Crippen LogP contribution in [-0.4, -0.2) is 21.1 Å². The number of anilines is 2. The monoisotopic (exact) mass is 296 g/mol. The quantitative estimate of drug-likeness (QED) is 0.935. The summed E-state index contributed by atoms with van der Waals surface area (Å²) in [6.45, 7) is 5.49. The number of aryl methyl sites for hydroxylation is 1. The Kier molecular flexibility index (Phi) is 4.34. The molecule has 0 bridgehead atoms. The second-order valence-corrected chi connectivity index (χ2v) is 4.80. The molecule has 5 nitrogen and oxygen atoms in total. The number of hydrogen-bond acceptors (Lipinski definition) is 5. The van der Waals surface area contributed by atoms with E-state index in [0.29, 0.717) is 5.69 Å². The zero-order chi connectivity index (χ0) is 14.7. The van der Waals surface area contributed by atoms with Crippen LogP contribution in [0.4, 0.5) is 16.0 Å². The fourth-order valence-electron chi connectivity index (χ4n) is 1.54. The average Bonchev–Trinajstić information content (AvgIpc) is 2.31. The lowest BCUT2D eigenvalue weighted by Crippen LogP contribution is -2.10. The van der Waals surface area contributed by atoms with Gasteiger partial charge in [0.25, 0.3) is 0 Å². The van der Waals surface area contributed by atoms with Gasteiger partial charge in [-0.05, 0) is 56.1 Å². The number of nitrogens with zero attached hydrogens (tertiary/aromatic N) is 3. The second kappa shape index (κ2) is 6.00. The molecular weight excluding hydrogens is 283 g/mol. The first-order chi connectivity index (χ1) is 9.44. The van der Waals surface area contributed by atoms with E-state index in [1.807, 2.05) is 13.8 Å². The Labute approximate surface area is 121 Å². The molecule has 0 spiro atoms. The Hall–Kier alpha value is -1.95. The number of nitrogens with one attached hydrogen (secondary N) is 1. The van der Waals surface area contributed by atoms with Gasteiger partial charge in [0.05, 0.1) is 6.10 Å². The molecule has 0 unspecified atom stereocenters. The standard InChI is InChI=1S/C13H14ClFN4O/c1-7(2)20-13-18-11(14)17-12(19-13)16-10-5-4-9(15)6-8(10)3/h4-7H,1-3H3,(H,16,17,18,19). The lowest BCUT2D eigenvalue weighted by atomic mass is 10.2. The molecule has 0 aliphatic carbocycles. The van der Waals surface area contributed by atoms with Gasteiger partial charge in [0.1, 0.15) is 5.82 Å². The number of hydrogen-bond donors (Lipinski definition) is 1. The zero-order valence-electron chi connectivity index (χ0n) is 11.3. The first-order valence-corrected chi connectivity index (χ1v) is 6.43. The van der Waals surface area contributed by atoms with Gasteiger partial charge in [0.15, 0.2) is 0 Å². The maximum Gasteiger partial charge on any atom is 0.322 e. The Morgan fingerprint density at radius 2 is 2.00 bits per heavy atom. The molecule has 0 fully saturated rings. The van der Waals surface area contributed by atoms with Gasteiger partial charge < -0.3 is 10.1 Å². The highest BCUT2D eigenvalue weighted by Gasteiger charge is 2.09. The van der Waals surface area contributed by atoms with Crippen LogP contribution < -0.4 is 10.1 Å². The summed E-state index contributed by atoms with van der Waals surface area (Å²) in [5.74, 6) is -0.0547. The predicted octanol–water partition coefficient (Wildman–Crippen LogP) is 3.50. The van der Waals surface area contributed by atoms with Gasteiger partial charge in [-0.3, -0.25) is 0 Å². The van der Waals surface area contributed by atoms with Gasteiger partial charge in [-0.25, -0.2) is 4.39 Å². The SMILES string of the molecule is Cc1cc(F)ccc1Nc1nc(Cl)nc(OC(C)C)n1. The molecule has 0 aliphatic heterocycles. The van der Waals surface area contributed by atoms with Crippen molar-refractivity contribution in [2.24, 2.45) is 0 Å². The summed E-state index contributed by atoms with van der Waals surface area (Å²) in [6.07, 6.45) is -0.0751. The van der Waals surface area contributed by atoms with Crippen LogP contribution in [0, 0.1) is 12.7 Å². The van der Waals surface area contributed by atoms with Crippen LogP contribution in [0.1, 0.15) is 19.4 Å². The maximum absolute atomic E-state index is 13.0. The molecule has 0 amide bonds. The van der Waals surface area contributed by atoms with Crippen LogP contribution in [-0.2, 0) is 0 Å². The third-order valence-corrected chi connectivity index (χ3v) is 2.53. The minimum absolute atomic E-state index is 0.0258. The largest absolute Gasteiger partial charge is 0.461 e. The Morgan fingerprint density at radius 3 is 2.65 bits per heavy atom. The third-order valence-electron chi connectivity index (χ3n) is 2.36. The van der Waals surface area contributed by atoms with E-state index >= 15 is 0 Å². The van der Waals surface area contributed by atoms with E-state index in [2.05, 4.69) is 20.3 Å². The fraction of sp³-hybridized carbons (Fsp3) is 0.308. The first-order valence-electron chi connectivity index (χ1n) is 6.05. The minimum Gasteiger partial charge on any atom is -0.461 e. The summed E-state index contributed by atoms with van der Waals surface area (Å²) in [7, 11) is 0.